The predicted octanol–water partition coefficient (Wildman–Crippen LogP) is 1.07. The van der Waals surface area contributed by atoms with Crippen LogP contribution in [0.3, 0.4) is 0 Å². The Labute approximate surface area is 98.5 Å². The first kappa shape index (κ1) is 22.4. The van der Waals surface area contributed by atoms with Gasteiger partial charge in [0.2, 0.25) is 0 Å². The van der Waals surface area contributed by atoms with E-state index in [0.717, 1.165) is 0 Å². The third-order valence-corrected chi connectivity index (χ3v) is 0.566. The quantitative estimate of drug-likeness (QED) is 0.644. The Bertz CT molecular complexity index is 91.6. The van der Waals surface area contributed by atoms with Crippen LogP contribution in [0, 0.1) is 0 Å². The molecule has 55 valence electrons. The second-order valence-corrected chi connectivity index (χ2v) is 1.02. The number of nitrogens with zero attached hydrogens (tertiary/aromatic N) is 1. The molecule has 0 spiro atoms. The summed E-state index contributed by atoms with van der Waals surface area (Å²) in [6.07, 6.45) is 3.50. The fraction of sp³-hybridized carbons (Fsp3) is 0. The van der Waals surface area contributed by atoms with Gasteiger partial charge in [0.1, 0.15) is 0 Å². The molecule has 5 heteroatoms. The van der Waals surface area contributed by atoms with E-state index in [1.54, 1.807) is 12.4 Å². The van der Waals surface area contributed by atoms with E-state index in [4.69, 9.17) is 0 Å². The van der Waals surface area contributed by atoms with Gasteiger partial charge in [-0.15, -0.1) is 0 Å². The van der Waals surface area contributed by atoms with E-state index in [9.17, 15) is 0 Å². The smallest absolute Gasteiger partial charge is 2.00 e. The van der Waals surface area contributed by atoms with Crippen molar-refractivity contribution in [3.63, 3.8) is 0 Å². The zero-order chi connectivity index (χ0) is 4.24. The van der Waals surface area contributed by atoms with E-state index in [1.165, 1.54) is 0 Å². The topological polar surface area (TPSA) is 12.9 Å². The van der Waals surface area contributed by atoms with Crippen LogP contribution in [0.4, 0.5) is 0 Å². The molecule has 1 aromatic heterocycles. The van der Waals surface area contributed by atoms with Gasteiger partial charge in [0, 0.05) is 12.4 Å². The van der Waals surface area contributed by atoms with Crippen molar-refractivity contribution < 1.29 is 36.5 Å². The van der Waals surface area contributed by atoms with Crippen molar-refractivity contribution in [1.82, 2.24) is 4.98 Å². The minimum atomic E-state index is 0. The summed E-state index contributed by atoms with van der Waals surface area (Å²) in [7, 11) is 0. The van der Waals surface area contributed by atoms with E-state index in [1.807, 2.05) is 18.2 Å². The summed E-state index contributed by atoms with van der Waals surface area (Å²) in [5, 5.41) is 0. The normalized spacial score (nSPS) is 4.80. The largest absolute Gasteiger partial charge is 2.00 e. The van der Waals surface area contributed by atoms with Crippen LogP contribution in [0.25, 0.3) is 0 Å². The van der Waals surface area contributed by atoms with Crippen LogP contribution in [0.5, 0.6) is 0 Å². The van der Waals surface area contributed by atoms with Crippen LogP contribution in [-0.4, -0.2) is 4.98 Å². The molecule has 0 fully saturated rings. The maximum atomic E-state index is 3.78. The van der Waals surface area contributed by atoms with Crippen molar-refractivity contribution >= 4 is 27.0 Å². The van der Waals surface area contributed by atoms with Gasteiger partial charge in [-0.2, -0.15) is 0 Å². The summed E-state index contributed by atoms with van der Waals surface area (Å²) in [6, 6.07) is 5.72. The van der Waals surface area contributed by atoms with Gasteiger partial charge < -0.3 is 27.0 Å². The Kier molecular flexibility index (Phi) is 37.1. The monoisotopic (exact) mass is 270 g/mol. The first-order chi connectivity index (χ1) is 3.00. The van der Waals surface area contributed by atoms with Crippen molar-refractivity contribution in [2.24, 2.45) is 0 Å². The third kappa shape index (κ3) is 11.7. The molecule has 0 aliphatic heterocycles. The minimum Gasteiger partial charge on any atom is -2.00 e. The number of pyridine rings is 1. The van der Waals surface area contributed by atoms with E-state index in [-0.39, 0.29) is 63.5 Å². The standard InChI is InChI=1S/C5H5N.Cu.2S.Zn/c1-2-4-6-5-3-1;;;;/h1-5H;;;;/q;+2;2*-2;+2. The van der Waals surface area contributed by atoms with Gasteiger partial charge in [-0.1, -0.05) is 6.07 Å². The van der Waals surface area contributed by atoms with E-state index >= 15 is 0 Å². The van der Waals surface area contributed by atoms with Crippen LogP contribution in [-0.2, 0) is 63.5 Å². The van der Waals surface area contributed by atoms with Gasteiger partial charge in [0.25, 0.3) is 0 Å². The average Bonchev–Trinajstić information content (AvgIpc) is 1.72. The molecule has 0 N–H and O–H groups in total. The molecular weight excluding hydrogens is 267 g/mol. The summed E-state index contributed by atoms with van der Waals surface area (Å²) in [5.74, 6) is 0. The SMILES string of the molecule is [Cu+2].[S-2].[S-2].[Zn+2].c1ccncc1. The molecular formula is C5H5CuNS2Zn. The zero-order valence-electron chi connectivity index (χ0n) is 5.16. The van der Waals surface area contributed by atoms with Crippen LogP contribution < -0.4 is 0 Å². The molecule has 0 aliphatic carbocycles. The molecule has 1 nitrogen and oxygen atoms in total. The number of rotatable bonds is 0. The summed E-state index contributed by atoms with van der Waals surface area (Å²) in [4.78, 5) is 3.78. The molecule has 1 heterocycles. The third-order valence-electron chi connectivity index (χ3n) is 0.566. The van der Waals surface area contributed by atoms with Gasteiger partial charge >= 0.3 is 36.5 Å². The maximum absolute atomic E-state index is 3.78. The number of hydrogen-bond acceptors (Lipinski definition) is 1. The fourth-order valence-electron chi connectivity index (χ4n) is 0.313. The van der Waals surface area contributed by atoms with Crippen molar-refractivity contribution in [2.75, 3.05) is 0 Å². The Morgan fingerprint density at radius 1 is 0.800 bits per heavy atom. The Balaban J connectivity index is -0.0000000450. The predicted molar refractivity (Wildman–Crippen MR) is 39.0 cm³/mol. The molecule has 0 unspecified atom stereocenters. The van der Waals surface area contributed by atoms with E-state index in [0.29, 0.717) is 0 Å². The molecule has 1 aromatic rings. The van der Waals surface area contributed by atoms with E-state index in [2.05, 4.69) is 4.98 Å². The van der Waals surface area contributed by atoms with Gasteiger partial charge in [-0.05, 0) is 12.1 Å². The minimum absolute atomic E-state index is 0. The molecule has 10 heavy (non-hydrogen) atoms. The van der Waals surface area contributed by atoms with Gasteiger partial charge in [-0.25, -0.2) is 0 Å². The van der Waals surface area contributed by atoms with Crippen molar-refractivity contribution in [3.8, 4) is 0 Å². The van der Waals surface area contributed by atoms with Gasteiger partial charge in [0.05, 0.1) is 0 Å². The fourth-order valence-corrected chi connectivity index (χ4v) is 0.313. The average molecular weight is 272 g/mol. The second-order valence-electron chi connectivity index (χ2n) is 1.02. The van der Waals surface area contributed by atoms with Gasteiger partial charge in [-0.3, -0.25) is 4.98 Å². The van der Waals surface area contributed by atoms with E-state index < -0.39 is 0 Å². The van der Waals surface area contributed by atoms with Crippen molar-refractivity contribution in [3.05, 3.63) is 30.6 Å². The summed E-state index contributed by atoms with van der Waals surface area (Å²) < 4.78 is 0. The molecule has 0 saturated carbocycles. The van der Waals surface area contributed by atoms with Crippen LogP contribution >= 0.6 is 0 Å². The van der Waals surface area contributed by atoms with Crippen LogP contribution in [0.1, 0.15) is 0 Å². The van der Waals surface area contributed by atoms with Crippen LogP contribution in [0.2, 0.25) is 0 Å². The van der Waals surface area contributed by atoms with Crippen LogP contribution in [0.15, 0.2) is 30.6 Å². The summed E-state index contributed by atoms with van der Waals surface area (Å²) >= 11 is 0. The molecule has 0 aliphatic rings. The maximum Gasteiger partial charge on any atom is 2.00 e. The second kappa shape index (κ2) is 16.5. The molecule has 0 bridgehead atoms. The number of aromatic nitrogens is 1. The molecule has 0 atom stereocenters. The van der Waals surface area contributed by atoms with Crippen molar-refractivity contribution in [1.29, 1.82) is 0 Å². The molecule has 0 amide bonds. The number of hydrogen-bond donors (Lipinski definition) is 0. The molecule has 0 saturated heterocycles. The first-order valence-corrected chi connectivity index (χ1v) is 1.85. The summed E-state index contributed by atoms with van der Waals surface area (Å²) in [6.45, 7) is 0. The molecule has 1 radical (unpaired) electrons. The van der Waals surface area contributed by atoms with Gasteiger partial charge in [0.15, 0.2) is 0 Å². The summed E-state index contributed by atoms with van der Waals surface area (Å²) in [5.41, 5.74) is 0. The first-order valence-electron chi connectivity index (χ1n) is 1.85. The zero-order valence-corrected chi connectivity index (χ0v) is 10.7. The Morgan fingerprint density at radius 2 is 1.20 bits per heavy atom. The molecule has 1 rings (SSSR count). The Hall–Kier alpha value is 0.993. The van der Waals surface area contributed by atoms with Crippen molar-refractivity contribution in [2.45, 2.75) is 0 Å². The Morgan fingerprint density at radius 3 is 1.30 bits per heavy atom. The molecule has 0 aromatic carbocycles.